The van der Waals surface area contributed by atoms with Crippen LogP contribution in [0.2, 0.25) is 0 Å². The van der Waals surface area contributed by atoms with Crippen LogP contribution in [0.4, 0.5) is 0 Å². The standard InChI is InChI=1S/C22H24N2O3/c25-22(18-14-17(18)15-6-8-23-9-7-15)24-10-1-3-19(24)16-4-5-20-21(13-16)27-12-2-11-26-20/h4-9,13,17-19H,1-3,10-12,14H2/t17-,18-,19-/m1/s1. The number of pyridine rings is 1. The summed E-state index contributed by atoms with van der Waals surface area (Å²) >= 11 is 0. The van der Waals surface area contributed by atoms with E-state index >= 15 is 0 Å². The van der Waals surface area contributed by atoms with E-state index in [9.17, 15) is 4.79 Å². The second kappa shape index (κ2) is 6.87. The quantitative estimate of drug-likeness (QED) is 0.833. The van der Waals surface area contributed by atoms with Gasteiger partial charge in [-0.25, -0.2) is 0 Å². The monoisotopic (exact) mass is 364 g/mol. The molecule has 5 rings (SSSR count). The van der Waals surface area contributed by atoms with Gasteiger partial charge in [-0.15, -0.1) is 0 Å². The Morgan fingerprint density at radius 1 is 1.00 bits per heavy atom. The molecule has 5 heteroatoms. The minimum atomic E-state index is 0.119. The zero-order valence-corrected chi connectivity index (χ0v) is 15.3. The van der Waals surface area contributed by atoms with Gasteiger partial charge in [0.25, 0.3) is 0 Å². The van der Waals surface area contributed by atoms with Crippen molar-refractivity contribution in [1.82, 2.24) is 9.88 Å². The van der Waals surface area contributed by atoms with Gasteiger partial charge in [0, 0.05) is 31.3 Å². The molecule has 0 spiro atoms. The van der Waals surface area contributed by atoms with Crippen LogP contribution in [-0.2, 0) is 4.79 Å². The van der Waals surface area contributed by atoms with Gasteiger partial charge in [0.05, 0.1) is 19.3 Å². The van der Waals surface area contributed by atoms with Crippen LogP contribution in [0.1, 0.15) is 48.8 Å². The summed E-state index contributed by atoms with van der Waals surface area (Å²) in [6.45, 7) is 2.22. The predicted octanol–water partition coefficient (Wildman–Crippen LogP) is 3.71. The summed E-state index contributed by atoms with van der Waals surface area (Å²) in [6.07, 6.45) is 7.54. The number of rotatable bonds is 3. The lowest BCUT2D eigenvalue weighted by Gasteiger charge is -2.26. The van der Waals surface area contributed by atoms with Crippen molar-refractivity contribution in [1.29, 1.82) is 0 Å². The maximum absolute atomic E-state index is 13.2. The maximum Gasteiger partial charge on any atom is 0.226 e. The molecule has 3 heterocycles. The van der Waals surface area contributed by atoms with Crippen LogP contribution in [0.5, 0.6) is 11.5 Å². The highest BCUT2D eigenvalue weighted by atomic mass is 16.5. The molecule has 27 heavy (non-hydrogen) atoms. The molecule has 0 bridgehead atoms. The molecular formula is C22H24N2O3. The van der Waals surface area contributed by atoms with Crippen LogP contribution in [0, 0.1) is 5.92 Å². The normalized spacial score (nSPS) is 26.5. The molecule has 1 saturated carbocycles. The number of hydrogen-bond acceptors (Lipinski definition) is 4. The number of hydrogen-bond donors (Lipinski definition) is 0. The Bertz CT molecular complexity index is 839. The van der Waals surface area contributed by atoms with E-state index in [-0.39, 0.29) is 12.0 Å². The van der Waals surface area contributed by atoms with Crippen molar-refractivity contribution < 1.29 is 14.3 Å². The summed E-state index contributed by atoms with van der Waals surface area (Å²) in [5.41, 5.74) is 2.39. The molecule has 3 aliphatic rings. The van der Waals surface area contributed by atoms with E-state index in [1.807, 2.05) is 30.6 Å². The lowest BCUT2D eigenvalue weighted by Crippen LogP contribution is -2.32. The molecule has 2 fully saturated rings. The molecule has 3 atom stereocenters. The Kier molecular flexibility index (Phi) is 4.23. The van der Waals surface area contributed by atoms with Crippen LogP contribution in [0.15, 0.2) is 42.7 Å². The van der Waals surface area contributed by atoms with Crippen molar-refractivity contribution in [2.45, 2.75) is 37.6 Å². The number of amides is 1. The smallest absolute Gasteiger partial charge is 0.226 e. The Morgan fingerprint density at radius 2 is 1.81 bits per heavy atom. The fourth-order valence-corrected chi connectivity index (χ4v) is 4.42. The number of nitrogens with zero attached hydrogens (tertiary/aromatic N) is 2. The number of carbonyl (C=O) groups excluding carboxylic acids is 1. The van der Waals surface area contributed by atoms with Gasteiger partial charge in [-0.3, -0.25) is 9.78 Å². The average Bonchev–Trinajstić information content (AvgIpc) is 3.42. The first-order chi connectivity index (χ1) is 13.3. The number of carbonyl (C=O) groups is 1. The Labute approximate surface area is 159 Å². The molecule has 0 radical (unpaired) electrons. The third kappa shape index (κ3) is 3.15. The molecule has 2 aromatic rings. The molecule has 1 aromatic carbocycles. The minimum Gasteiger partial charge on any atom is -0.490 e. The summed E-state index contributed by atoms with van der Waals surface area (Å²) in [5, 5.41) is 0. The summed E-state index contributed by atoms with van der Waals surface area (Å²) < 4.78 is 11.6. The van der Waals surface area contributed by atoms with Gasteiger partial charge in [-0.2, -0.15) is 0 Å². The lowest BCUT2D eigenvalue weighted by molar-refractivity contribution is -0.133. The number of benzene rings is 1. The fraction of sp³-hybridized carbons (Fsp3) is 0.455. The summed E-state index contributed by atoms with van der Waals surface area (Å²) in [7, 11) is 0. The van der Waals surface area contributed by atoms with Crippen LogP contribution < -0.4 is 9.47 Å². The van der Waals surface area contributed by atoms with Crippen LogP contribution in [0.3, 0.4) is 0 Å². The van der Waals surface area contributed by atoms with Gasteiger partial charge >= 0.3 is 0 Å². The molecule has 1 amide bonds. The van der Waals surface area contributed by atoms with Gasteiger partial charge < -0.3 is 14.4 Å². The molecule has 1 aromatic heterocycles. The predicted molar refractivity (Wildman–Crippen MR) is 101 cm³/mol. The van der Waals surface area contributed by atoms with Gasteiger partial charge in [0.15, 0.2) is 11.5 Å². The first-order valence-electron chi connectivity index (χ1n) is 9.91. The van der Waals surface area contributed by atoms with Crippen molar-refractivity contribution >= 4 is 5.91 Å². The Hall–Kier alpha value is -2.56. The first kappa shape index (κ1) is 16.6. The highest BCUT2D eigenvalue weighted by Gasteiger charge is 2.47. The highest BCUT2D eigenvalue weighted by molar-refractivity contribution is 5.83. The topological polar surface area (TPSA) is 51.7 Å². The first-order valence-corrected chi connectivity index (χ1v) is 9.91. The van der Waals surface area contributed by atoms with E-state index in [2.05, 4.69) is 22.0 Å². The van der Waals surface area contributed by atoms with Crippen LogP contribution in [-0.4, -0.2) is 35.5 Å². The molecule has 1 saturated heterocycles. The van der Waals surface area contributed by atoms with Gasteiger partial charge in [-0.05, 0) is 60.6 Å². The third-order valence-corrected chi connectivity index (χ3v) is 5.93. The van der Waals surface area contributed by atoms with Crippen molar-refractivity contribution in [3.63, 3.8) is 0 Å². The average molecular weight is 364 g/mol. The minimum absolute atomic E-state index is 0.119. The Morgan fingerprint density at radius 3 is 2.67 bits per heavy atom. The molecule has 1 aliphatic carbocycles. The van der Waals surface area contributed by atoms with Crippen molar-refractivity contribution in [2.75, 3.05) is 19.8 Å². The second-order valence-corrected chi connectivity index (χ2v) is 7.68. The van der Waals surface area contributed by atoms with E-state index in [1.165, 1.54) is 5.56 Å². The molecule has 5 nitrogen and oxygen atoms in total. The van der Waals surface area contributed by atoms with Crippen LogP contribution in [0.25, 0.3) is 0 Å². The maximum atomic E-state index is 13.2. The molecule has 140 valence electrons. The summed E-state index contributed by atoms with van der Waals surface area (Å²) in [6, 6.07) is 10.4. The van der Waals surface area contributed by atoms with Gasteiger partial charge in [0.2, 0.25) is 5.91 Å². The van der Waals surface area contributed by atoms with E-state index in [0.717, 1.165) is 49.3 Å². The highest BCUT2D eigenvalue weighted by Crippen LogP contribution is 2.50. The third-order valence-electron chi connectivity index (χ3n) is 5.93. The van der Waals surface area contributed by atoms with Gasteiger partial charge in [-0.1, -0.05) is 6.07 Å². The molecular weight excluding hydrogens is 340 g/mol. The van der Waals surface area contributed by atoms with Crippen molar-refractivity contribution in [3.05, 3.63) is 53.9 Å². The van der Waals surface area contributed by atoms with E-state index in [1.54, 1.807) is 0 Å². The van der Waals surface area contributed by atoms with E-state index in [0.29, 0.717) is 25.0 Å². The van der Waals surface area contributed by atoms with Crippen molar-refractivity contribution in [3.8, 4) is 11.5 Å². The largest absolute Gasteiger partial charge is 0.490 e. The number of aromatic nitrogens is 1. The van der Waals surface area contributed by atoms with Crippen molar-refractivity contribution in [2.24, 2.45) is 5.92 Å². The van der Waals surface area contributed by atoms with E-state index in [4.69, 9.17) is 9.47 Å². The zero-order chi connectivity index (χ0) is 18.2. The zero-order valence-electron chi connectivity index (χ0n) is 15.3. The lowest BCUT2D eigenvalue weighted by atomic mass is 10.0. The van der Waals surface area contributed by atoms with E-state index < -0.39 is 0 Å². The second-order valence-electron chi connectivity index (χ2n) is 7.68. The molecule has 0 unspecified atom stereocenters. The number of likely N-dealkylation sites (tertiary alicyclic amines) is 1. The molecule has 2 aliphatic heterocycles. The number of ether oxygens (including phenoxy) is 2. The summed E-state index contributed by atoms with van der Waals surface area (Å²) in [4.78, 5) is 19.3. The molecule has 0 N–H and O–H groups in total. The SMILES string of the molecule is O=C([C@@H]1C[C@@H]1c1ccncc1)N1CCC[C@@H]1c1ccc2c(c1)OCCCO2. The fourth-order valence-electron chi connectivity index (χ4n) is 4.42. The van der Waals surface area contributed by atoms with Gasteiger partial charge in [0.1, 0.15) is 0 Å². The summed E-state index contributed by atoms with van der Waals surface area (Å²) in [5.74, 6) is 2.39. The number of fused-ring (bicyclic) bond motifs is 1. The van der Waals surface area contributed by atoms with Crippen LogP contribution >= 0.6 is 0 Å². The Balaban J connectivity index is 1.34.